The van der Waals surface area contributed by atoms with Crippen molar-refractivity contribution in [3.8, 4) is 5.75 Å². The molecule has 2 rings (SSSR count). The topological polar surface area (TPSA) is 96.7 Å². The van der Waals surface area contributed by atoms with Crippen LogP contribution in [0, 0.1) is 10.1 Å². The van der Waals surface area contributed by atoms with Gasteiger partial charge in [-0.05, 0) is 12.1 Å². The van der Waals surface area contributed by atoms with Crippen LogP contribution in [0.1, 0.15) is 10.4 Å². The smallest absolute Gasteiger partial charge is 0.311 e. The third kappa shape index (κ3) is 5.34. The molecule has 8 nitrogen and oxygen atoms in total. The molecule has 0 aliphatic carbocycles. The van der Waals surface area contributed by atoms with Crippen molar-refractivity contribution in [3.63, 3.8) is 0 Å². The molecule has 0 spiro atoms. The van der Waals surface area contributed by atoms with Crippen molar-refractivity contribution in [2.75, 3.05) is 46.4 Å². The Morgan fingerprint density at radius 3 is 2.74 bits per heavy atom. The number of nitrogens with zero attached hydrogens (tertiary/aromatic N) is 2. The highest BCUT2D eigenvalue weighted by Gasteiger charge is 2.18. The van der Waals surface area contributed by atoms with Gasteiger partial charge in [-0.1, -0.05) is 0 Å². The number of methoxy groups -OCH3 is 1. The van der Waals surface area contributed by atoms with Gasteiger partial charge < -0.3 is 15.4 Å². The average Bonchev–Trinajstić information content (AvgIpc) is 2.55. The first-order valence-corrected chi connectivity index (χ1v) is 7.15. The predicted molar refractivity (Wildman–Crippen MR) is 88.5 cm³/mol. The van der Waals surface area contributed by atoms with Crippen LogP contribution in [0.4, 0.5) is 5.69 Å². The number of benzene rings is 1. The maximum atomic E-state index is 12.1. The van der Waals surface area contributed by atoms with E-state index in [0.717, 1.165) is 32.7 Å². The van der Waals surface area contributed by atoms with Gasteiger partial charge in [-0.3, -0.25) is 19.8 Å². The highest BCUT2D eigenvalue weighted by atomic mass is 35.5. The Balaban J connectivity index is 0.00000264. The van der Waals surface area contributed by atoms with Crippen LogP contribution in [0.15, 0.2) is 18.2 Å². The number of hydrogen-bond donors (Lipinski definition) is 2. The van der Waals surface area contributed by atoms with Gasteiger partial charge in [-0.15, -0.1) is 12.4 Å². The zero-order valence-electron chi connectivity index (χ0n) is 12.9. The molecular formula is C14H21ClN4O4. The van der Waals surface area contributed by atoms with Crippen molar-refractivity contribution in [2.24, 2.45) is 0 Å². The summed E-state index contributed by atoms with van der Waals surface area (Å²) in [6, 6.07) is 4.19. The fourth-order valence-corrected chi connectivity index (χ4v) is 2.34. The van der Waals surface area contributed by atoms with Crippen LogP contribution in [0.5, 0.6) is 5.75 Å². The lowest BCUT2D eigenvalue weighted by atomic mass is 10.1. The van der Waals surface area contributed by atoms with E-state index in [-0.39, 0.29) is 35.3 Å². The Kier molecular flexibility index (Phi) is 7.73. The largest absolute Gasteiger partial charge is 0.490 e. The number of nitro benzene ring substituents is 1. The van der Waals surface area contributed by atoms with Crippen molar-refractivity contribution < 1.29 is 14.5 Å². The van der Waals surface area contributed by atoms with E-state index in [1.807, 2.05) is 0 Å². The molecule has 0 saturated carbocycles. The fraction of sp³-hybridized carbons (Fsp3) is 0.500. The monoisotopic (exact) mass is 344 g/mol. The molecule has 0 radical (unpaired) electrons. The first kappa shape index (κ1) is 19.1. The highest BCUT2D eigenvalue weighted by Crippen LogP contribution is 2.27. The van der Waals surface area contributed by atoms with Gasteiger partial charge in [0.25, 0.3) is 5.91 Å². The van der Waals surface area contributed by atoms with Gasteiger partial charge in [0.2, 0.25) is 0 Å². The molecule has 1 aliphatic rings. The highest BCUT2D eigenvalue weighted by molar-refractivity contribution is 5.95. The molecule has 1 amide bonds. The summed E-state index contributed by atoms with van der Waals surface area (Å²) in [5.41, 5.74) is 0.0464. The van der Waals surface area contributed by atoms with Crippen LogP contribution in [0.3, 0.4) is 0 Å². The quantitative estimate of drug-likeness (QED) is 0.581. The number of rotatable bonds is 6. The normalized spacial score (nSPS) is 14.7. The van der Waals surface area contributed by atoms with E-state index in [0.29, 0.717) is 6.54 Å². The van der Waals surface area contributed by atoms with Gasteiger partial charge in [0.15, 0.2) is 5.75 Å². The van der Waals surface area contributed by atoms with E-state index < -0.39 is 4.92 Å². The molecule has 1 fully saturated rings. The van der Waals surface area contributed by atoms with Crippen LogP contribution >= 0.6 is 12.4 Å². The van der Waals surface area contributed by atoms with E-state index >= 15 is 0 Å². The molecule has 1 aliphatic heterocycles. The Bertz CT molecular complexity index is 550. The standard InChI is InChI=1S/C14H20N4O4.ClH/c1-22-13-3-2-11(10-12(13)18(20)21)14(19)16-6-9-17-7-4-15-5-8-17;/h2-3,10,15H,4-9H2,1H3,(H,16,19);1H. The second kappa shape index (κ2) is 9.29. The van der Waals surface area contributed by atoms with E-state index in [1.54, 1.807) is 0 Å². The fourth-order valence-electron chi connectivity index (χ4n) is 2.34. The minimum atomic E-state index is -0.559. The number of carbonyl (C=O) groups is 1. The first-order valence-electron chi connectivity index (χ1n) is 7.15. The summed E-state index contributed by atoms with van der Waals surface area (Å²) >= 11 is 0. The number of carbonyl (C=O) groups excluding carboxylic acids is 1. The number of nitro groups is 1. The lowest BCUT2D eigenvalue weighted by Gasteiger charge is -2.27. The summed E-state index contributed by atoms with van der Waals surface area (Å²) in [6.45, 7) is 5.12. The van der Waals surface area contributed by atoms with Crippen molar-refractivity contribution >= 4 is 24.0 Å². The number of nitrogens with one attached hydrogen (secondary N) is 2. The Morgan fingerprint density at radius 2 is 2.13 bits per heavy atom. The molecule has 128 valence electrons. The zero-order chi connectivity index (χ0) is 15.9. The average molecular weight is 345 g/mol. The third-order valence-corrected chi connectivity index (χ3v) is 3.56. The molecule has 9 heteroatoms. The number of hydrogen-bond acceptors (Lipinski definition) is 6. The van der Waals surface area contributed by atoms with E-state index in [4.69, 9.17) is 4.74 Å². The molecular weight excluding hydrogens is 324 g/mol. The summed E-state index contributed by atoms with van der Waals surface area (Å²) < 4.78 is 4.92. The minimum absolute atomic E-state index is 0. The van der Waals surface area contributed by atoms with Crippen LogP contribution in [-0.4, -0.2) is 62.1 Å². The summed E-state index contributed by atoms with van der Waals surface area (Å²) in [5.74, 6) is -0.178. The van der Waals surface area contributed by atoms with Gasteiger partial charge in [0.1, 0.15) is 0 Å². The Morgan fingerprint density at radius 1 is 1.43 bits per heavy atom. The van der Waals surface area contributed by atoms with Gasteiger partial charge in [0, 0.05) is 50.9 Å². The summed E-state index contributed by atoms with van der Waals surface area (Å²) in [4.78, 5) is 24.7. The molecule has 1 heterocycles. The molecule has 0 aromatic heterocycles. The second-order valence-electron chi connectivity index (χ2n) is 4.99. The van der Waals surface area contributed by atoms with Crippen molar-refractivity contribution in [1.82, 2.24) is 15.5 Å². The molecule has 0 unspecified atom stereocenters. The van der Waals surface area contributed by atoms with Crippen LogP contribution in [-0.2, 0) is 0 Å². The first-order chi connectivity index (χ1) is 10.6. The number of amides is 1. The van der Waals surface area contributed by atoms with Crippen molar-refractivity contribution in [1.29, 1.82) is 0 Å². The lowest BCUT2D eigenvalue weighted by molar-refractivity contribution is -0.385. The van der Waals surface area contributed by atoms with Gasteiger partial charge in [-0.2, -0.15) is 0 Å². The van der Waals surface area contributed by atoms with Crippen LogP contribution in [0.25, 0.3) is 0 Å². The van der Waals surface area contributed by atoms with Crippen molar-refractivity contribution in [3.05, 3.63) is 33.9 Å². The number of ether oxygens (including phenoxy) is 1. The van der Waals surface area contributed by atoms with Gasteiger partial charge >= 0.3 is 5.69 Å². The Labute approximate surface area is 140 Å². The lowest BCUT2D eigenvalue weighted by Crippen LogP contribution is -2.46. The molecule has 1 aromatic carbocycles. The predicted octanol–water partition coefficient (Wildman–Crippen LogP) is 0.660. The SMILES string of the molecule is COc1ccc(C(=O)NCCN2CCNCC2)cc1[N+](=O)[O-].Cl. The van der Waals surface area contributed by atoms with Crippen LogP contribution in [0.2, 0.25) is 0 Å². The van der Waals surface area contributed by atoms with E-state index in [1.165, 1.54) is 25.3 Å². The summed E-state index contributed by atoms with van der Waals surface area (Å²) in [7, 11) is 1.36. The number of piperazine rings is 1. The third-order valence-electron chi connectivity index (χ3n) is 3.56. The summed E-state index contributed by atoms with van der Waals surface area (Å²) in [6.07, 6.45) is 0. The van der Waals surface area contributed by atoms with E-state index in [9.17, 15) is 14.9 Å². The second-order valence-corrected chi connectivity index (χ2v) is 4.99. The number of halogens is 1. The summed E-state index contributed by atoms with van der Waals surface area (Å²) in [5, 5.41) is 17.0. The Hall–Kier alpha value is -1.90. The molecule has 23 heavy (non-hydrogen) atoms. The molecule has 2 N–H and O–H groups in total. The van der Waals surface area contributed by atoms with Crippen LogP contribution < -0.4 is 15.4 Å². The van der Waals surface area contributed by atoms with Crippen molar-refractivity contribution in [2.45, 2.75) is 0 Å². The maximum Gasteiger partial charge on any atom is 0.311 e. The van der Waals surface area contributed by atoms with Gasteiger partial charge in [0.05, 0.1) is 12.0 Å². The van der Waals surface area contributed by atoms with E-state index in [2.05, 4.69) is 15.5 Å². The maximum absolute atomic E-state index is 12.1. The molecule has 0 bridgehead atoms. The molecule has 1 saturated heterocycles. The molecule has 0 atom stereocenters. The van der Waals surface area contributed by atoms with Gasteiger partial charge in [-0.25, -0.2) is 0 Å². The minimum Gasteiger partial charge on any atom is -0.490 e. The molecule has 1 aromatic rings. The zero-order valence-corrected chi connectivity index (χ0v) is 13.7.